The quantitative estimate of drug-likeness (QED) is 0.163. The maximum absolute atomic E-state index is 11.6. The summed E-state index contributed by atoms with van der Waals surface area (Å²) in [6.07, 6.45) is 20.0. The zero-order valence-corrected chi connectivity index (χ0v) is 18.7. The van der Waals surface area contributed by atoms with Crippen molar-refractivity contribution in [1.29, 1.82) is 0 Å². The Bertz CT molecular complexity index is 368. The number of esters is 1. The number of carboxylic acid groups (broad SMARTS) is 1. The van der Waals surface area contributed by atoms with Gasteiger partial charge in [0.2, 0.25) is 0 Å². The molecule has 0 aromatic rings. The molecule has 0 aliphatic rings. The van der Waals surface area contributed by atoms with Gasteiger partial charge in [0.1, 0.15) is 0 Å². The second-order valence-corrected chi connectivity index (χ2v) is 8.41. The van der Waals surface area contributed by atoms with Crippen LogP contribution in [-0.4, -0.2) is 23.7 Å². The zero-order chi connectivity index (χ0) is 20.9. The number of aliphatic carboxylic acids is 1. The highest BCUT2D eigenvalue weighted by atomic mass is 16.5. The Morgan fingerprint density at radius 2 is 1.25 bits per heavy atom. The lowest BCUT2D eigenvalue weighted by Crippen LogP contribution is -2.05. The fraction of sp³-hybridized carbons (Fsp3) is 0.917. The van der Waals surface area contributed by atoms with Crippen molar-refractivity contribution >= 4 is 11.9 Å². The van der Waals surface area contributed by atoms with Crippen molar-refractivity contribution in [3.8, 4) is 0 Å². The molecule has 1 unspecified atom stereocenters. The first-order chi connectivity index (χ1) is 13.6. The summed E-state index contributed by atoms with van der Waals surface area (Å²) >= 11 is 0. The summed E-state index contributed by atoms with van der Waals surface area (Å²) in [6, 6.07) is 0. The van der Waals surface area contributed by atoms with Crippen LogP contribution in [0.3, 0.4) is 0 Å². The largest absolute Gasteiger partial charge is 0.481 e. The SMILES string of the molecule is CCCCCCCOC(=O)CCCCCCCCCCCCC(C)CC(=O)O. The Kier molecular flexibility index (Phi) is 19.9. The van der Waals surface area contributed by atoms with Crippen LogP contribution in [0.5, 0.6) is 0 Å². The van der Waals surface area contributed by atoms with E-state index in [1.54, 1.807) is 0 Å². The van der Waals surface area contributed by atoms with Crippen LogP contribution in [0.1, 0.15) is 129 Å². The molecule has 4 nitrogen and oxygen atoms in total. The summed E-state index contributed by atoms with van der Waals surface area (Å²) < 4.78 is 5.28. The maximum Gasteiger partial charge on any atom is 0.305 e. The molecule has 0 amide bonds. The molecule has 1 N–H and O–H groups in total. The fourth-order valence-electron chi connectivity index (χ4n) is 3.54. The van der Waals surface area contributed by atoms with Crippen LogP contribution in [0, 0.1) is 5.92 Å². The van der Waals surface area contributed by atoms with E-state index in [1.165, 1.54) is 70.6 Å². The Hall–Kier alpha value is -1.06. The Balaban J connectivity index is 3.20. The maximum atomic E-state index is 11.6. The van der Waals surface area contributed by atoms with Crippen molar-refractivity contribution in [2.45, 2.75) is 129 Å². The van der Waals surface area contributed by atoms with Crippen molar-refractivity contribution in [3.05, 3.63) is 0 Å². The number of hydrogen-bond donors (Lipinski definition) is 1. The smallest absolute Gasteiger partial charge is 0.305 e. The molecule has 0 rings (SSSR count). The third-order valence-corrected chi connectivity index (χ3v) is 5.36. The summed E-state index contributed by atoms with van der Waals surface area (Å²) in [5, 5.41) is 8.73. The van der Waals surface area contributed by atoms with Crippen LogP contribution in [0.15, 0.2) is 0 Å². The minimum atomic E-state index is -0.679. The number of rotatable bonds is 21. The molecule has 1 atom stereocenters. The normalized spacial score (nSPS) is 12.1. The van der Waals surface area contributed by atoms with Gasteiger partial charge in [0.25, 0.3) is 0 Å². The molecule has 0 bridgehead atoms. The van der Waals surface area contributed by atoms with E-state index in [9.17, 15) is 9.59 Å². The second kappa shape index (κ2) is 20.7. The fourth-order valence-corrected chi connectivity index (χ4v) is 3.54. The molecule has 0 fully saturated rings. The molecule has 0 saturated heterocycles. The Labute approximate surface area is 173 Å². The standard InChI is InChI=1S/C24H46O4/c1-3-4-5-14-17-20-28-24(27)19-16-13-11-9-7-6-8-10-12-15-18-22(2)21-23(25)26/h22H,3-21H2,1-2H3,(H,25,26). The molecule has 0 spiro atoms. The van der Waals surface area contributed by atoms with E-state index in [0.29, 0.717) is 25.4 Å². The van der Waals surface area contributed by atoms with Gasteiger partial charge >= 0.3 is 11.9 Å². The van der Waals surface area contributed by atoms with E-state index >= 15 is 0 Å². The number of carbonyl (C=O) groups is 2. The molecule has 0 aromatic heterocycles. The van der Waals surface area contributed by atoms with Crippen molar-refractivity contribution in [2.24, 2.45) is 5.92 Å². The summed E-state index contributed by atoms with van der Waals surface area (Å²) in [7, 11) is 0. The molecule has 28 heavy (non-hydrogen) atoms. The van der Waals surface area contributed by atoms with Gasteiger partial charge in [0, 0.05) is 12.8 Å². The lowest BCUT2D eigenvalue weighted by atomic mass is 9.99. The highest BCUT2D eigenvalue weighted by molar-refractivity contribution is 5.69. The summed E-state index contributed by atoms with van der Waals surface area (Å²) in [5.74, 6) is -0.393. The molecule has 0 aromatic carbocycles. The van der Waals surface area contributed by atoms with Crippen LogP contribution >= 0.6 is 0 Å². The summed E-state index contributed by atoms with van der Waals surface area (Å²) in [5.41, 5.74) is 0. The third kappa shape index (κ3) is 21.2. The topological polar surface area (TPSA) is 63.6 Å². The van der Waals surface area contributed by atoms with Gasteiger partial charge in [0.15, 0.2) is 0 Å². The number of unbranched alkanes of at least 4 members (excludes halogenated alkanes) is 13. The average Bonchev–Trinajstić information content (AvgIpc) is 2.64. The highest BCUT2D eigenvalue weighted by Gasteiger charge is 2.06. The molecule has 0 saturated carbocycles. The predicted molar refractivity (Wildman–Crippen MR) is 117 cm³/mol. The molecule has 0 radical (unpaired) electrons. The van der Waals surface area contributed by atoms with Crippen molar-refractivity contribution in [3.63, 3.8) is 0 Å². The Morgan fingerprint density at radius 3 is 1.82 bits per heavy atom. The third-order valence-electron chi connectivity index (χ3n) is 5.36. The molecular weight excluding hydrogens is 352 g/mol. The van der Waals surface area contributed by atoms with Gasteiger partial charge in [-0.25, -0.2) is 0 Å². The molecule has 0 heterocycles. The van der Waals surface area contributed by atoms with Crippen LogP contribution in [0.2, 0.25) is 0 Å². The first-order valence-electron chi connectivity index (χ1n) is 11.9. The van der Waals surface area contributed by atoms with E-state index in [4.69, 9.17) is 9.84 Å². The summed E-state index contributed by atoms with van der Waals surface area (Å²) in [6.45, 7) is 4.83. The number of carbonyl (C=O) groups excluding carboxylic acids is 1. The molecule has 4 heteroatoms. The molecule has 166 valence electrons. The predicted octanol–water partition coefficient (Wildman–Crippen LogP) is 7.29. The molecular formula is C24H46O4. The molecule has 0 aliphatic heterocycles. The van der Waals surface area contributed by atoms with Gasteiger partial charge in [-0.2, -0.15) is 0 Å². The average molecular weight is 399 g/mol. The van der Waals surface area contributed by atoms with E-state index in [1.807, 2.05) is 6.92 Å². The van der Waals surface area contributed by atoms with Gasteiger partial charge < -0.3 is 9.84 Å². The van der Waals surface area contributed by atoms with E-state index in [0.717, 1.165) is 32.1 Å². The Morgan fingerprint density at radius 1 is 0.750 bits per heavy atom. The van der Waals surface area contributed by atoms with E-state index in [-0.39, 0.29) is 5.97 Å². The number of carboxylic acids is 1. The van der Waals surface area contributed by atoms with Gasteiger partial charge in [-0.05, 0) is 18.8 Å². The minimum Gasteiger partial charge on any atom is -0.481 e. The highest BCUT2D eigenvalue weighted by Crippen LogP contribution is 2.16. The van der Waals surface area contributed by atoms with Gasteiger partial charge in [0.05, 0.1) is 6.61 Å². The van der Waals surface area contributed by atoms with E-state index in [2.05, 4.69) is 6.92 Å². The minimum absolute atomic E-state index is 0.0202. The van der Waals surface area contributed by atoms with Gasteiger partial charge in [-0.1, -0.05) is 104 Å². The van der Waals surface area contributed by atoms with Crippen LogP contribution in [-0.2, 0) is 14.3 Å². The first kappa shape index (κ1) is 26.9. The van der Waals surface area contributed by atoms with E-state index < -0.39 is 5.97 Å². The monoisotopic (exact) mass is 398 g/mol. The van der Waals surface area contributed by atoms with Crippen molar-refractivity contribution < 1.29 is 19.4 Å². The van der Waals surface area contributed by atoms with Crippen LogP contribution in [0.4, 0.5) is 0 Å². The van der Waals surface area contributed by atoms with Crippen molar-refractivity contribution in [2.75, 3.05) is 6.61 Å². The molecule has 0 aliphatic carbocycles. The van der Waals surface area contributed by atoms with Gasteiger partial charge in [-0.15, -0.1) is 0 Å². The van der Waals surface area contributed by atoms with Crippen molar-refractivity contribution in [1.82, 2.24) is 0 Å². The summed E-state index contributed by atoms with van der Waals surface area (Å²) in [4.78, 5) is 22.2. The lowest BCUT2D eigenvalue weighted by molar-refractivity contribution is -0.144. The zero-order valence-electron chi connectivity index (χ0n) is 18.7. The second-order valence-electron chi connectivity index (χ2n) is 8.41. The van der Waals surface area contributed by atoms with Crippen LogP contribution in [0.25, 0.3) is 0 Å². The van der Waals surface area contributed by atoms with Crippen LogP contribution < -0.4 is 0 Å². The lowest BCUT2D eigenvalue weighted by Gasteiger charge is -2.08. The number of ether oxygens (including phenoxy) is 1. The first-order valence-corrected chi connectivity index (χ1v) is 11.9. The number of hydrogen-bond acceptors (Lipinski definition) is 3. The van der Waals surface area contributed by atoms with Gasteiger partial charge in [-0.3, -0.25) is 9.59 Å².